The quantitative estimate of drug-likeness (QED) is 0.626. The van der Waals surface area contributed by atoms with E-state index in [1.807, 2.05) is 50.2 Å². The highest BCUT2D eigenvalue weighted by molar-refractivity contribution is 8.01. The molecule has 0 fully saturated rings. The average Bonchev–Trinajstić information content (AvgIpc) is 2.63. The topological polar surface area (TPSA) is 72.5 Å². The second-order valence-corrected chi connectivity index (χ2v) is 7.86. The molecule has 5 nitrogen and oxygen atoms in total. The number of carbonyl (C=O) groups excluding carboxylic acids is 3. The van der Waals surface area contributed by atoms with Gasteiger partial charge in [-0.2, -0.15) is 0 Å². The lowest BCUT2D eigenvalue weighted by Crippen LogP contribution is -2.33. The fourth-order valence-corrected chi connectivity index (χ4v) is 3.99. The zero-order valence-electron chi connectivity index (χ0n) is 15.4. The molecule has 0 saturated carbocycles. The number of carbonyl (C=O) groups is 3. The number of thioether (sulfide) groups is 1. The minimum absolute atomic E-state index is 0.0880. The van der Waals surface area contributed by atoms with Gasteiger partial charge < -0.3 is 10.1 Å². The number of ketones is 1. The number of ether oxygens (including phenoxy) is 1. The van der Waals surface area contributed by atoms with Gasteiger partial charge in [-0.25, -0.2) is 0 Å². The summed E-state index contributed by atoms with van der Waals surface area (Å²) < 4.78 is 5.32. The summed E-state index contributed by atoms with van der Waals surface area (Å²) in [4.78, 5) is 38.0. The molecule has 0 saturated heterocycles. The van der Waals surface area contributed by atoms with Crippen molar-refractivity contribution in [2.24, 2.45) is 0 Å². The molecule has 1 aliphatic rings. The van der Waals surface area contributed by atoms with E-state index in [9.17, 15) is 14.4 Å². The van der Waals surface area contributed by atoms with E-state index in [2.05, 4.69) is 5.32 Å². The third-order valence-corrected chi connectivity index (χ3v) is 5.67. The zero-order valence-corrected chi connectivity index (χ0v) is 16.3. The highest BCUT2D eigenvalue weighted by Gasteiger charge is 2.30. The summed E-state index contributed by atoms with van der Waals surface area (Å²) in [7, 11) is 0. The lowest BCUT2D eigenvalue weighted by atomic mass is 9.99. The molecular weight excluding hydrogens is 362 g/mol. The number of amides is 1. The van der Waals surface area contributed by atoms with Gasteiger partial charge in [0.1, 0.15) is 0 Å². The van der Waals surface area contributed by atoms with Crippen molar-refractivity contribution in [3.63, 3.8) is 0 Å². The molecule has 140 valence electrons. The number of esters is 1. The number of benzene rings is 2. The van der Waals surface area contributed by atoms with Crippen LogP contribution in [-0.4, -0.2) is 29.0 Å². The van der Waals surface area contributed by atoms with Crippen LogP contribution >= 0.6 is 11.8 Å². The summed E-state index contributed by atoms with van der Waals surface area (Å²) in [6.07, 6.45) is -0.989. The number of para-hydroxylation sites is 1. The highest BCUT2D eigenvalue weighted by atomic mass is 32.2. The molecule has 27 heavy (non-hydrogen) atoms. The number of hydrogen-bond donors (Lipinski definition) is 1. The van der Waals surface area contributed by atoms with E-state index in [1.54, 1.807) is 13.0 Å². The van der Waals surface area contributed by atoms with Crippen LogP contribution in [0.2, 0.25) is 0 Å². The Balaban J connectivity index is 1.63. The first-order valence-electron chi connectivity index (χ1n) is 8.72. The van der Waals surface area contributed by atoms with Crippen LogP contribution in [-0.2, 0) is 14.3 Å². The molecule has 0 bridgehead atoms. The fraction of sp³-hybridized carbons (Fsp3) is 0.286. The summed E-state index contributed by atoms with van der Waals surface area (Å²) >= 11 is 1.33. The van der Waals surface area contributed by atoms with Gasteiger partial charge in [0.25, 0.3) is 0 Å². The first-order chi connectivity index (χ1) is 12.8. The van der Waals surface area contributed by atoms with Crippen LogP contribution in [0.3, 0.4) is 0 Å². The van der Waals surface area contributed by atoms with Gasteiger partial charge in [-0.1, -0.05) is 29.8 Å². The molecule has 0 aliphatic carbocycles. The van der Waals surface area contributed by atoms with Gasteiger partial charge in [0, 0.05) is 10.5 Å². The standard InChI is InChI=1S/C21H21NO4S/c1-12-8-9-13(2)15(10-12)20(24)14(3)26-19(23)11-18-21(25)22-16-6-4-5-7-17(16)27-18/h4-10,14,18H,11H2,1-3H3,(H,22,25)/t14-,18+/m1/s1. The number of rotatable bonds is 5. The molecule has 1 aliphatic heterocycles. The monoisotopic (exact) mass is 383 g/mol. The minimum atomic E-state index is -0.901. The number of Topliss-reactive ketones (excluding diaryl/α,β-unsaturated/α-hetero) is 1. The molecule has 0 aromatic heterocycles. The van der Waals surface area contributed by atoms with E-state index in [-0.39, 0.29) is 18.1 Å². The molecule has 0 spiro atoms. The minimum Gasteiger partial charge on any atom is -0.454 e. The Kier molecular flexibility index (Phi) is 5.65. The van der Waals surface area contributed by atoms with E-state index in [0.717, 1.165) is 21.7 Å². The van der Waals surface area contributed by atoms with Crippen molar-refractivity contribution in [1.29, 1.82) is 0 Å². The maximum Gasteiger partial charge on any atom is 0.308 e. The van der Waals surface area contributed by atoms with Crippen molar-refractivity contribution >= 4 is 35.1 Å². The molecule has 2 atom stereocenters. The van der Waals surface area contributed by atoms with Gasteiger partial charge in [-0.15, -0.1) is 11.8 Å². The van der Waals surface area contributed by atoms with Crippen molar-refractivity contribution < 1.29 is 19.1 Å². The third kappa shape index (κ3) is 4.39. The zero-order chi connectivity index (χ0) is 19.6. The van der Waals surface area contributed by atoms with Crippen molar-refractivity contribution in [3.05, 3.63) is 59.2 Å². The number of hydrogen-bond acceptors (Lipinski definition) is 5. The maximum atomic E-state index is 12.6. The first-order valence-corrected chi connectivity index (χ1v) is 9.60. The van der Waals surface area contributed by atoms with Crippen LogP contribution in [0.15, 0.2) is 47.4 Å². The van der Waals surface area contributed by atoms with Crippen LogP contribution in [0.4, 0.5) is 5.69 Å². The normalized spacial score (nSPS) is 16.9. The van der Waals surface area contributed by atoms with E-state index in [1.165, 1.54) is 11.8 Å². The van der Waals surface area contributed by atoms with Crippen LogP contribution in [0, 0.1) is 13.8 Å². The second-order valence-electron chi connectivity index (χ2n) is 6.61. The maximum absolute atomic E-state index is 12.6. The van der Waals surface area contributed by atoms with E-state index in [4.69, 9.17) is 4.74 Å². The van der Waals surface area contributed by atoms with E-state index >= 15 is 0 Å². The highest BCUT2D eigenvalue weighted by Crippen LogP contribution is 2.36. The third-order valence-electron chi connectivity index (χ3n) is 4.39. The molecule has 2 aromatic carbocycles. The van der Waals surface area contributed by atoms with Crippen molar-refractivity contribution in [2.75, 3.05) is 5.32 Å². The number of nitrogens with one attached hydrogen (secondary N) is 1. The molecule has 6 heteroatoms. The predicted octanol–water partition coefficient (Wildman–Crippen LogP) is 3.92. The summed E-state index contributed by atoms with van der Waals surface area (Å²) in [5.74, 6) is -1.03. The van der Waals surface area contributed by atoms with Crippen LogP contribution in [0.1, 0.15) is 34.8 Å². The largest absolute Gasteiger partial charge is 0.454 e. The van der Waals surface area contributed by atoms with Gasteiger partial charge in [0.2, 0.25) is 11.7 Å². The Bertz CT molecular complexity index is 909. The molecule has 0 radical (unpaired) electrons. The lowest BCUT2D eigenvalue weighted by Gasteiger charge is -2.23. The Labute approximate surface area is 162 Å². The molecule has 1 amide bonds. The Hall–Kier alpha value is -2.60. The number of fused-ring (bicyclic) bond motifs is 1. The van der Waals surface area contributed by atoms with E-state index < -0.39 is 17.3 Å². The van der Waals surface area contributed by atoms with Crippen LogP contribution in [0.5, 0.6) is 0 Å². The molecule has 3 rings (SSSR count). The summed E-state index contributed by atoms with van der Waals surface area (Å²) in [5.41, 5.74) is 3.10. The molecular formula is C21H21NO4S. The molecule has 1 heterocycles. The van der Waals surface area contributed by atoms with Gasteiger partial charge in [0.15, 0.2) is 6.10 Å². The van der Waals surface area contributed by atoms with Gasteiger partial charge in [-0.05, 0) is 44.5 Å². The SMILES string of the molecule is Cc1ccc(C)c(C(=O)[C@@H](C)OC(=O)C[C@@H]2Sc3ccccc3NC2=O)c1. The van der Waals surface area contributed by atoms with E-state index in [0.29, 0.717) is 5.56 Å². The Morgan fingerprint density at radius 2 is 1.93 bits per heavy atom. The Morgan fingerprint density at radius 3 is 2.70 bits per heavy atom. The van der Waals surface area contributed by atoms with Crippen LogP contribution in [0.25, 0.3) is 0 Å². The Morgan fingerprint density at radius 1 is 1.19 bits per heavy atom. The number of aryl methyl sites for hydroxylation is 2. The second kappa shape index (κ2) is 7.96. The molecule has 1 N–H and O–H groups in total. The van der Waals surface area contributed by atoms with Crippen molar-refractivity contribution in [3.8, 4) is 0 Å². The first kappa shape index (κ1) is 19.2. The summed E-state index contributed by atoms with van der Waals surface area (Å²) in [6.45, 7) is 5.32. The fourth-order valence-electron chi connectivity index (χ4n) is 2.90. The van der Waals surface area contributed by atoms with Crippen molar-refractivity contribution in [2.45, 2.75) is 43.4 Å². The number of anilines is 1. The molecule has 0 unspecified atom stereocenters. The predicted molar refractivity (Wildman–Crippen MR) is 105 cm³/mol. The van der Waals surface area contributed by atoms with Gasteiger partial charge in [-0.3, -0.25) is 14.4 Å². The summed E-state index contributed by atoms with van der Waals surface area (Å²) in [6, 6.07) is 13.0. The van der Waals surface area contributed by atoms with Gasteiger partial charge >= 0.3 is 5.97 Å². The smallest absolute Gasteiger partial charge is 0.308 e. The molecule has 2 aromatic rings. The van der Waals surface area contributed by atoms with Crippen LogP contribution < -0.4 is 5.32 Å². The van der Waals surface area contributed by atoms with Crippen molar-refractivity contribution in [1.82, 2.24) is 0 Å². The lowest BCUT2D eigenvalue weighted by molar-refractivity contribution is -0.147. The summed E-state index contributed by atoms with van der Waals surface area (Å²) in [5, 5.41) is 2.22. The average molecular weight is 383 g/mol. The van der Waals surface area contributed by atoms with Gasteiger partial charge in [0.05, 0.1) is 17.4 Å².